The number of carboxylic acids is 1. The molecule has 0 saturated carbocycles. The molecule has 2 saturated heterocycles. The van der Waals surface area contributed by atoms with Crippen molar-refractivity contribution in [3.05, 3.63) is 42.0 Å². The lowest BCUT2D eigenvalue weighted by Crippen LogP contribution is -2.55. The molecule has 2 aliphatic rings. The van der Waals surface area contributed by atoms with Crippen LogP contribution in [0.15, 0.2) is 36.4 Å². The number of carbonyl (C=O) groups is 2. The van der Waals surface area contributed by atoms with E-state index in [2.05, 4.69) is 29.2 Å². The van der Waals surface area contributed by atoms with Crippen LogP contribution in [0.3, 0.4) is 0 Å². The fourth-order valence-corrected chi connectivity index (χ4v) is 4.05. The summed E-state index contributed by atoms with van der Waals surface area (Å²) in [7, 11) is 0. The van der Waals surface area contributed by atoms with Crippen LogP contribution in [0.4, 0.5) is 0 Å². The summed E-state index contributed by atoms with van der Waals surface area (Å²) in [5.41, 5.74) is 1.31. The van der Waals surface area contributed by atoms with Crippen molar-refractivity contribution < 1.29 is 14.7 Å². The number of aliphatic carboxylic acids is 1. The van der Waals surface area contributed by atoms with Crippen LogP contribution < -0.4 is 0 Å². The molecule has 3 rings (SSSR count). The van der Waals surface area contributed by atoms with E-state index in [0.29, 0.717) is 13.0 Å². The Hall–Kier alpha value is -2.14. The van der Waals surface area contributed by atoms with E-state index in [1.807, 2.05) is 18.2 Å². The van der Waals surface area contributed by atoms with Crippen LogP contribution in [0.25, 0.3) is 6.08 Å². The van der Waals surface area contributed by atoms with Gasteiger partial charge in [-0.1, -0.05) is 42.5 Å². The maximum absolute atomic E-state index is 12.1. The van der Waals surface area contributed by atoms with E-state index < -0.39 is 12.0 Å². The third-order valence-electron chi connectivity index (χ3n) is 5.91. The summed E-state index contributed by atoms with van der Waals surface area (Å²) in [6.45, 7) is 5.14. The second kappa shape index (κ2) is 8.04. The fourth-order valence-electron chi connectivity index (χ4n) is 4.05. The van der Waals surface area contributed by atoms with Gasteiger partial charge in [0.2, 0.25) is 5.91 Å². The van der Waals surface area contributed by atoms with Crippen LogP contribution in [-0.4, -0.2) is 59.0 Å². The molecule has 1 aromatic carbocycles. The van der Waals surface area contributed by atoms with E-state index in [4.69, 9.17) is 0 Å². The first kappa shape index (κ1) is 18.6. The maximum Gasteiger partial charge on any atom is 0.326 e. The first-order valence-corrected chi connectivity index (χ1v) is 9.45. The monoisotopic (exact) mass is 356 g/mol. The van der Waals surface area contributed by atoms with E-state index in [9.17, 15) is 14.7 Å². The number of carbonyl (C=O) groups excluding carboxylic acids is 1. The minimum atomic E-state index is -0.918. The van der Waals surface area contributed by atoms with Crippen molar-refractivity contribution in [1.29, 1.82) is 0 Å². The van der Waals surface area contributed by atoms with Crippen LogP contribution >= 0.6 is 0 Å². The highest BCUT2D eigenvalue weighted by molar-refractivity contribution is 5.84. The Morgan fingerprint density at radius 1 is 1.23 bits per heavy atom. The predicted molar refractivity (Wildman–Crippen MR) is 102 cm³/mol. The van der Waals surface area contributed by atoms with Gasteiger partial charge in [-0.05, 0) is 50.3 Å². The molecule has 0 radical (unpaired) electrons. The number of likely N-dealkylation sites (tertiary alicyclic amines) is 2. The summed E-state index contributed by atoms with van der Waals surface area (Å²) in [4.78, 5) is 27.5. The molecule has 1 unspecified atom stereocenters. The normalized spacial score (nSPS) is 22.0. The molecule has 5 nitrogen and oxygen atoms in total. The Bertz CT molecular complexity index is 663. The van der Waals surface area contributed by atoms with Gasteiger partial charge in [-0.25, -0.2) is 4.79 Å². The van der Waals surface area contributed by atoms with Gasteiger partial charge in [0.25, 0.3) is 0 Å². The summed E-state index contributed by atoms with van der Waals surface area (Å²) >= 11 is 0. The molecule has 1 amide bonds. The predicted octanol–water partition coefficient (Wildman–Crippen LogP) is 2.88. The van der Waals surface area contributed by atoms with Gasteiger partial charge in [0.15, 0.2) is 0 Å². The highest BCUT2D eigenvalue weighted by Gasteiger charge is 2.43. The van der Waals surface area contributed by atoms with Gasteiger partial charge in [-0.15, -0.1) is 0 Å². The molecule has 1 atom stereocenters. The quantitative estimate of drug-likeness (QED) is 0.881. The van der Waals surface area contributed by atoms with Crippen LogP contribution in [0.5, 0.6) is 0 Å². The Kier molecular flexibility index (Phi) is 5.77. The number of rotatable bonds is 5. The number of hydrogen-bond acceptors (Lipinski definition) is 3. The smallest absolute Gasteiger partial charge is 0.326 e. The largest absolute Gasteiger partial charge is 0.480 e. The van der Waals surface area contributed by atoms with Gasteiger partial charge >= 0.3 is 5.97 Å². The van der Waals surface area contributed by atoms with Crippen LogP contribution in [0.2, 0.25) is 0 Å². The molecule has 1 aromatic rings. The Balaban J connectivity index is 1.53. The molecule has 5 heteroatoms. The van der Waals surface area contributed by atoms with Gasteiger partial charge in [-0.2, -0.15) is 0 Å². The Morgan fingerprint density at radius 3 is 2.58 bits per heavy atom. The van der Waals surface area contributed by atoms with Crippen molar-refractivity contribution in [2.45, 2.75) is 38.6 Å². The molecule has 0 aliphatic carbocycles. The third kappa shape index (κ3) is 4.33. The van der Waals surface area contributed by atoms with Gasteiger partial charge < -0.3 is 10.0 Å². The molecular weight excluding hydrogens is 328 g/mol. The van der Waals surface area contributed by atoms with Gasteiger partial charge in [0, 0.05) is 19.5 Å². The Morgan fingerprint density at radius 2 is 1.92 bits per heavy atom. The minimum absolute atomic E-state index is 0.0150. The summed E-state index contributed by atoms with van der Waals surface area (Å²) in [6, 6.07) is 9.56. The molecule has 1 N–H and O–H groups in total. The van der Waals surface area contributed by atoms with Crippen molar-refractivity contribution in [3.63, 3.8) is 0 Å². The second-order valence-corrected chi connectivity index (χ2v) is 7.65. The molecular formula is C21H28N2O3. The lowest BCUT2D eigenvalue weighted by molar-refractivity contribution is -0.154. The average molecular weight is 356 g/mol. The summed E-state index contributed by atoms with van der Waals surface area (Å²) in [6.07, 6.45) is 7.79. The van der Waals surface area contributed by atoms with Gasteiger partial charge in [0.05, 0.1) is 0 Å². The first-order chi connectivity index (χ1) is 12.5. The lowest BCUT2D eigenvalue weighted by Gasteiger charge is -2.48. The number of carboxylic acid groups (broad SMARTS) is 1. The van der Waals surface area contributed by atoms with Crippen LogP contribution in [0, 0.1) is 5.41 Å². The first-order valence-electron chi connectivity index (χ1n) is 9.45. The average Bonchev–Trinajstić information content (AvgIpc) is 2.66. The van der Waals surface area contributed by atoms with E-state index >= 15 is 0 Å². The Labute approximate surface area is 155 Å². The zero-order valence-electron chi connectivity index (χ0n) is 15.4. The fraction of sp³-hybridized carbons (Fsp3) is 0.524. The molecule has 0 bridgehead atoms. The number of nitrogens with zero attached hydrogens (tertiary/aromatic N) is 2. The number of benzene rings is 1. The molecule has 2 aliphatic heterocycles. The molecule has 140 valence electrons. The number of piperidine rings is 2. The standard InChI is InChI=1S/C21H28N2O3/c1-17(20(25)26)23-16-21(10-9-19(23)24)11-14-22(15-12-21)13-5-8-18-6-3-2-4-7-18/h2-8,17H,9-16H2,1H3,(H,25,26)/b8-5+. The van der Waals surface area contributed by atoms with E-state index in [1.165, 1.54) is 5.56 Å². The molecule has 0 aromatic heterocycles. The summed E-state index contributed by atoms with van der Waals surface area (Å²) in [5, 5.41) is 9.26. The van der Waals surface area contributed by atoms with Crippen LogP contribution in [-0.2, 0) is 9.59 Å². The SMILES string of the molecule is CC(C(=O)O)N1CC2(CCC1=O)CCN(C/C=C/c1ccccc1)CC2. The molecule has 1 spiro atoms. The number of hydrogen-bond donors (Lipinski definition) is 1. The molecule has 26 heavy (non-hydrogen) atoms. The zero-order valence-corrected chi connectivity index (χ0v) is 15.4. The highest BCUT2D eigenvalue weighted by Crippen LogP contribution is 2.40. The summed E-state index contributed by atoms with van der Waals surface area (Å²) in [5.74, 6) is -0.933. The van der Waals surface area contributed by atoms with E-state index in [1.54, 1.807) is 11.8 Å². The highest BCUT2D eigenvalue weighted by atomic mass is 16.4. The van der Waals surface area contributed by atoms with E-state index in [0.717, 1.165) is 38.9 Å². The van der Waals surface area contributed by atoms with Gasteiger partial charge in [-0.3, -0.25) is 9.69 Å². The van der Waals surface area contributed by atoms with Crippen molar-refractivity contribution in [2.24, 2.45) is 5.41 Å². The molecule has 2 heterocycles. The summed E-state index contributed by atoms with van der Waals surface area (Å²) < 4.78 is 0. The lowest BCUT2D eigenvalue weighted by atomic mass is 9.72. The van der Waals surface area contributed by atoms with Crippen molar-refractivity contribution in [3.8, 4) is 0 Å². The maximum atomic E-state index is 12.1. The van der Waals surface area contributed by atoms with Crippen LogP contribution in [0.1, 0.15) is 38.2 Å². The van der Waals surface area contributed by atoms with Crippen molar-refractivity contribution >= 4 is 18.0 Å². The van der Waals surface area contributed by atoms with E-state index in [-0.39, 0.29) is 11.3 Å². The minimum Gasteiger partial charge on any atom is -0.480 e. The zero-order chi connectivity index (χ0) is 18.6. The van der Waals surface area contributed by atoms with Gasteiger partial charge in [0.1, 0.15) is 6.04 Å². The van der Waals surface area contributed by atoms with Crippen molar-refractivity contribution in [2.75, 3.05) is 26.2 Å². The number of amides is 1. The molecule has 2 fully saturated rings. The van der Waals surface area contributed by atoms with Crippen molar-refractivity contribution in [1.82, 2.24) is 9.80 Å². The topological polar surface area (TPSA) is 60.9 Å². The second-order valence-electron chi connectivity index (χ2n) is 7.65. The third-order valence-corrected chi connectivity index (χ3v) is 5.91.